The van der Waals surface area contributed by atoms with Crippen LogP contribution in [0.2, 0.25) is 0 Å². The number of nitrogens with two attached hydrogens (primary N) is 1. The van der Waals surface area contributed by atoms with Crippen LogP contribution in [0.15, 0.2) is 21.3 Å². The zero-order valence-corrected chi connectivity index (χ0v) is 11.6. The van der Waals surface area contributed by atoms with Gasteiger partial charge in [0.25, 0.3) is 0 Å². The van der Waals surface area contributed by atoms with Crippen LogP contribution in [-0.4, -0.2) is 34.2 Å². The highest BCUT2D eigenvalue weighted by molar-refractivity contribution is 7.98. The Bertz CT molecular complexity index is 633. The van der Waals surface area contributed by atoms with E-state index in [1.54, 1.807) is 30.8 Å². The average molecular weight is 283 g/mol. The third-order valence-electron chi connectivity index (χ3n) is 2.71. The van der Waals surface area contributed by atoms with Crippen LogP contribution in [-0.2, 0) is 0 Å². The van der Waals surface area contributed by atoms with Crippen molar-refractivity contribution in [3.8, 4) is 0 Å². The first-order valence-electron chi connectivity index (χ1n) is 5.79. The SMILES string of the molecule is CSCC(C)(O)CNc1cc2[nH]c(=O)oc2cc1N. The summed E-state index contributed by atoms with van der Waals surface area (Å²) in [5.41, 5.74) is 7.17. The second-order valence-corrected chi connectivity index (χ2v) is 5.60. The van der Waals surface area contributed by atoms with Gasteiger partial charge in [-0.1, -0.05) is 0 Å². The predicted octanol–water partition coefficient (Wildman–Crippen LogP) is 1.23. The van der Waals surface area contributed by atoms with E-state index >= 15 is 0 Å². The number of oxazole rings is 1. The molecule has 0 aliphatic carbocycles. The van der Waals surface area contributed by atoms with Gasteiger partial charge in [0, 0.05) is 18.4 Å². The smallest absolute Gasteiger partial charge is 0.408 e. The number of aliphatic hydroxyl groups is 1. The van der Waals surface area contributed by atoms with Crippen molar-refractivity contribution in [3.05, 3.63) is 22.7 Å². The maximum atomic E-state index is 11.1. The zero-order chi connectivity index (χ0) is 14.0. The van der Waals surface area contributed by atoms with Crippen molar-refractivity contribution in [2.45, 2.75) is 12.5 Å². The van der Waals surface area contributed by atoms with Crippen molar-refractivity contribution in [2.24, 2.45) is 0 Å². The lowest BCUT2D eigenvalue weighted by atomic mass is 10.1. The minimum absolute atomic E-state index is 0.367. The zero-order valence-electron chi connectivity index (χ0n) is 10.8. The molecule has 0 fully saturated rings. The maximum absolute atomic E-state index is 11.1. The summed E-state index contributed by atoms with van der Waals surface area (Å²) < 4.78 is 4.92. The third-order valence-corrected chi connectivity index (χ3v) is 3.62. The van der Waals surface area contributed by atoms with E-state index in [0.29, 0.717) is 34.8 Å². The van der Waals surface area contributed by atoms with Crippen molar-refractivity contribution in [2.75, 3.05) is 29.6 Å². The summed E-state index contributed by atoms with van der Waals surface area (Å²) >= 11 is 1.57. The maximum Gasteiger partial charge on any atom is 0.417 e. The highest BCUT2D eigenvalue weighted by atomic mass is 32.2. The number of benzene rings is 1. The van der Waals surface area contributed by atoms with Gasteiger partial charge < -0.3 is 20.6 Å². The van der Waals surface area contributed by atoms with Crippen LogP contribution >= 0.6 is 11.8 Å². The summed E-state index contributed by atoms with van der Waals surface area (Å²) in [6, 6.07) is 3.28. The summed E-state index contributed by atoms with van der Waals surface area (Å²) in [6.45, 7) is 2.12. The van der Waals surface area contributed by atoms with Gasteiger partial charge in [-0.05, 0) is 19.2 Å². The molecule has 7 heteroatoms. The van der Waals surface area contributed by atoms with E-state index in [9.17, 15) is 9.90 Å². The van der Waals surface area contributed by atoms with Gasteiger partial charge in [-0.3, -0.25) is 4.98 Å². The summed E-state index contributed by atoms with van der Waals surface area (Å²) in [5.74, 6) is 0.103. The summed E-state index contributed by atoms with van der Waals surface area (Å²) in [7, 11) is 0. The molecule has 0 saturated carbocycles. The summed E-state index contributed by atoms with van der Waals surface area (Å²) in [4.78, 5) is 13.7. The van der Waals surface area contributed by atoms with Crippen LogP contribution in [0, 0.1) is 0 Å². The van der Waals surface area contributed by atoms with E-state index in [0.717, 1.165) is 0 Å². The number of nitrogen functional groups attached to an aromatic ring is 1. The van der Waals surface area contributed by atoms with Gasteiger partial charge in [-0.2, -0.15) is 11.8 Å². The molecule has 0 aliphatic rings. The normalized spacial score (nSPS) is 14.5. The van der Waals surface area contributed by atoms with Crippen LogP contribution in [0.1, 0.15) is 6.92 Å². The Morgan fingerprint density at radius 1 is 1.58 bits per heavy atom. The number of hydrogen-bond acceptors (Lipinski definition) is 6. The lowest BCUT2D eigenvalue weighted by molar-refractivity contribution is 0.0997. The molecule has 2 aromatic rings. The number of fused-ring (bicyclic) bond motifs is 1. The first-order valence-corrected chi connectivity index (χ1v) is 7.18. The number of nitrogens with one attached hydrogen (secondary N) is 2. The summed E-state index contributed by atoms with van der Waals surface area (Å²) in [5, 5.41) is 13.2. The fourth-order valence-electron chi connectivity index (χ4n) is 1.81. The largest absolute Gasteiger partial charge is 0.417 e. The molecule has 0 saturated heterocycles. The fourth-order valence-corrected chi connectivity index (χ4v) is 2.54. The molecule has 0 aliphatic heterocycles. The number of aromatic nitrogens is 1. The molecule has 1 atom stereocenters. The number of aromatic amines is 1. The topological polar surface area (TPSA) is 104 Å². The van der Waals surface area contributed by atoms with Crippen molar-refractivity contribution in [1.82, 2.24) is 4.98 Å². The molecule has 1 aromatic heterocycles. The first-order chi connectivity index (χ1) is 8.91. The molecule has 0 amide bonds. The molecule has 6 nitrogen and oxygen atoms in total. The quantitative estimate of drug-likeness (QED) is 0.615. The number of hydrogen-bond donors (Lipinski definition) is 4. The standard InChI is InChI=1S/C12H17N3O3S/c1-12(17,6-19-2)5-14-8-4-9-10(3-7(8)13)18-11(16)15-9/h3-4,14,17H,5-6,13H2,1-2H3,(H,15,16). The van der Waals surface area contributed by atoms with Crippen LogP contribution in [0.3, 0.4) is 0 Å². The Labute approximate surface area is 114 Å². The van der Waals surface area contributed by atoms with Gasteiger partial charge in [0.15, 0.2) is 5.58 Å². The molecule has 1 unspecified atom stereocenters. The number of anilines is 2. The molecule has 0 spiro atoms. The summed E-state index contributed by atoms with van der Waals surface area (Å²) in [6.07, 6.45) is 1.94. The van der Waals surface area contributed by atoms with E-state index in [2.05, 4.69) is 10.3 Å². The van der Waals surface area contributed by atoms with E-state index in [1.165, 1.54) is 0 Å². The molecule has 2 rings (SSSR count). The van der Waals surface area contributed by atoms with Gasteiger partial charge in [-0.25, -0.2) is 4.79 Å². The molecular weight excluding hydrogens is 266 g/mol. The van der Waals surface area contributed by atoms with E-state index in [-0.39, 0.29) is 0 Å². The Morgan fingerprint density at radius 3 is 3.00 bits per heavy atom. The lowest BCUT2D eigenvalue weighted by Crippen LogP contribution is -2.36. The molecule has 1 heterocycles. The second kappa shape index (κ2) is 5.18. The lowest BCUT2D eigenvalue weighted by Gasteiger charge is -2.23. The minimum atomic E-state index is -0.829. The Hall–Kier alpha value is -1.60. The van der Waals surface area contributed by atoms with Crippen molar-refractivity contribution in [1.29, 1.82) is 0 Å². The van der Waals surface area contributed by atoms with E-state index < -0.39 is 11.4 Å². The van der Waals surface area contributed by atoms with Gasteiger partial charge in [0.2, 0.25) is 0 Å². The van der Waals surface area contributed by atoms with Crippen molar-refractivity contribution in [3.63, 3.8) is 0 Å². The first kappa shape index (κ1) is 13.8. The molecule has 104 valence electrons. The Balaban J connectivity index is 2.20. The van der Waals surface area contributed by atoms with Crippen LogP contribution in [0.4, 0.5) is 11.4 Å². The van der Waals surface area contributed by atoms with Gasteiger partial charge >= 0.3 is 5.76 Å². The monoisotopic (exact) mass is 283 g/mol. The number of rotatable bonds is 5. The molecule has 0 radical (unpaired) electrons. The van der Waals surface area contributed by atoms with Gasteiger partial charge in [0.05, 0.1) is 22.5 Å². The van der Waals surface area contributed by atoms with Crippen LogP contribution < -0.4 is 16.8 Å². The fraction of sp³-hybridized carbons (Fsp3) is 0.417. The molecule has 5 N–H and O–H groups in total. The molecule has 1 aromatic carbocycles. The third kappa shape index (κ3) is 3.24. The second-order valence-electron chi connectivity index (χ2n) is 4.73. The Kier molecular flexibility index (Phi) is 3.77. The molecule has 19 heavy (non-hydrogen) atoms. The van der Waals surface area contributed by atoms with Crippen molar-refractivity contribution < 1.29 is 9.52 Å². The highest BCUT2D eigenvalue weighted by Gasteiger charge is 2.19. The minimum Gasteiger partial charge on any atom is -0.408 e. The van der Waals surface area contributed by atoms with E-state index in [1.807, 2.05) is 6.26 Å². The average Bonchev–Trinajstić information content (AvgIpc) is 2.65. The highest BCUT2D eigenvalue weighted by Crippen LogP contribution is 2.25. The molecular formula is C12H17N3O3S. The molecule has 0 bridgehead atoms. The predicted molar refractivity (Wildman–Crippen MR) is 78.7 cm³/mol. The van der Waals surface area contributed by atoms with Gasteiger partial charge in [0.1, 0.15) is 0 Å². The van der Waals surface area contributed by atoms with Crippen LogP contribution in [0.5, 0.6) is 0 Å². The Morgan fingerprint density at radius 2 is 2.32 bits per heavy atom. The van der Waals surface area contributed by atoms with E-state index in [4.69, 9.17) is 10.2 Å². The van der Waals surface area contributed by atoms with Crippen molar-refractivity contribution >= 4 is 34.2 Å². The number of thioether (sulfide) groups is 1. The van der Waals surface area contributed by atoms with Gasteiger partial charge in [-0.15, -0.1) is 0 Å². The number of H-pyrrole nitrogens is 1. The van der Waals surface area contributed by atoms with Crippen LogP contribution in [0.25, 0.3) is 11.1 Å².